The van der Waals surface area contributed by atoms with Gasteiger partial charge in [0.2, 0.25) is 0 Å². The second kappa shape index (κ2) is 8.28. The fourth-order valence-corrected chi connectivity index (χ4v) is 4.42. The van der Waals surface area contributed by atoms with E-state index in [-0.39, 0.29) is 11.9 Å². The molecule has 4 rings (SSSR count). The van der Waals surface area contributed by atoms with Gasteiger partial charge >= 0.3 is 0 Å². The number of likely N-dealkylation sites (N-methyl/N-ethyl adjacent to an activating group) is 1. The first kappa shape index (κ1) is 18.9. The molecule has 1 fully saturated rings. The number of hydrogen-bond acceptors (Lipinski definition) is 6. The summed E-state index contributed by atoms with van der Waals surface area (Å²) in [7, 11) is 4.07. The van der Waals surface area contributed by atoms with Crippen molar-refractivity contribution in [2.24, 2.45) is 0 Å². The van der Waals surface area contributed by atoms with E-state index in [1.807, 2.05) is 30.9 Å². The standard InChI is InChI=1S/C20H26N6OS/c1-24(2)11-12-25-13-18(21-14-25)19(27)22-15-7-9-26(10-8-15)20-16-5-3-4-6-17(16)23-28-20/h3-6,13-15H,7-12H2,1-2H3,(H,22,27). The van der Waals surface area contributed by atoms with Gasteiger partial charge in [0.15, 0.2) is 0 Å². The fourth-order valence-electron chi connectivity index (χ4n) is 3.51. The van der Waals surface area contributed by atoms with Crippen molar-refractivity contribution < 1.29 is 4.79 Å². The minimum Gasteiger partial charge on any atom is -0.362 e. The van der Waals surface area contributed by atoms with Crippen molar-refractivity contribution in [2.45, 2.75) is 25.4 Å². The molecule has 3 aromatic rings. The van der Waals surface area contributed by atoms with Crippen molar-refractivity contribution in [2.75, 3.05) is 38.6 Å². The first-order valence-electron chi connectivity index (χ1n) is 9.67. The van der Waals surface area contributed by atoms with Crippen molar-refractivity contribution in [1.82, 2.24) is 24.1 Å². The second-order valence-corrected chi connectivity index (χ2v) is 8.29. The normalized spacial score (nSPS) is 15.5. The highest BCUT2D eigenvalue weighted by Gasteiger charge is 2.24. The van der Waals surface area contributed by atoms with Crippen LogP contribution in [0, 0.1) is 0 Å². The minimum atomic E-state index is -0.0784. The van der Waals surface area contributed by atoms with Gasteiger partial charge in [-0.3, -0.25) is 4.79 Å². The molecule has 0 saturated carbocycles. The monoisotopic (exact) mass is 398 g/mol. The van der Waals surface area contributed by atoms with Gasteiger partial charge in [-0.1, -0.05) is 12.1 Å². The van der Waals surface area contributed by atoms with Crippen LogP contribution in [0.2, 0.25) is 0 Å². The Balaban J connectivity index is 1.31. The Morgan fingerprint density at radius 3 is 2.86 bits per heavy atom. The Labute approximate surface area is 169 Å². The molecular formula is C20H26N6OS. The zero-order chi connectivity index (χ0) is 19.5. The second-order valence-electron chi connectivity index (χ2n) is 7.54. The van der Waals surface area contributed by atoms with E-state index in [0.717, 1.165) is 44.5 Å². The molecule has 28 heavy (non-hydrogen) atoms. The van der Waals surface area contributed by atoms with Gasteiger partial charge < -0.3 is 19.7 Å². The van der Waals surface area contributed by atoms with Crippen LogP contribution in [0.1, 0.15) is 23.3 Å². The molecular weight excluding hydrogens is 372 g/mol. The number of hydrogen-bond donors (Lipinski definition) is 1. The van der Waals surface area contributed by atoms with Gasteiger partial charge in [-0.05, 0) is 50.6 Å². The SMILES string of the molecule is CN(C)CCn1cnc(C(=O)NC2CCN(c3snc4ccccc34)CC2)c1. The van der Waals surface area contributed by atoms with E-state index < -0.39 is 0 Å². The summed E-state index contributed by atoms with van der Waals surface area (Å²) in [5.41, 5.74) is 1.55. The Morgan fingerprint density at radius 1 is 1.29 bits per heavy atom. The van der Waals surface area contributed by atoms with Crippen LogP contribution in [-0.2, 0) is 6.54 Å². The van der Waals surface area contributed by atoms with Crippen molar-refractivity contribution in [3.8, 4) is 0 Å². The third kappa shape index (κ3) is 4.18. The smallest absolute Gasteiger partial charge is 0.271 e. The number of nitrogens with one attached hydrogen (secondary N) is 1. The molecule has 148 valence electrons. The lowest BCUT2D eigenvalue weighted by molar-refractivity contribution is 0.0926. The molecule has 0 atom stereocenters. The first-order valence-corrected chi connectivity index (χ1v) is 10.4. The number of rotatable bonds is 6. The van der Waals surface area contributed by atoms with E-state index in [1.165, 1.54) is 10.4 Å². The van der Waals surface area contributed by atoms with E-state index in [0.29, 0.717) is 5.69 Å². The van der Waals surface area contributed by atoms with Crippen molar-refractivity contribution >= 4 is 33.3 Å². The van der Waals surface area contributed by atoms with Gasteiger partial charge in [-0.2, -0.15) is 4.37 Å². The van der Waals surface area contributed by atoms with E-state index >= 15 is 0 Å². The quantitative estimate of drug-likeness (QED) is 0.691. The lowest BCUT2D eigenvalue weighted by Crippen LogP contribution is -2.44. The highest BCUT2D eigenvalue weighted by atomic mass is 32.1. The van der Waals surface area contributed by atoms with Crippen LogP contribution in [0.15, 0.2) is 36.8 Å². The number of imidazole rings is 1. The average Bonchev–Trinajstić information content (AvgIpc) is 3.34. The molecule has 1 saturated heterocycles. The third-order valence-corrected chi connectivity index (χ3v) is 6.09. The summed E-state index contributed by atoms with van der Waals surface area (Å²) in [5, 5.41) is 5.61. The Bertz CT molecular complexity index is 941. The van der Waals surface area contributed by atoms with Gasteiger partial charge in [0.1, 0.15) is 10.7 Å². The molecule has 1 amide bonds. The van der Waals surface area contributed by atoms with Crippen LogP contribution >= 0.6 is 11.5 Å². The fraction of sp³-hybridized carbons (Fsp3) is 0.450. The van der Waals surface area contributed by atoms with Gasteiger partial charge in [-0.15, -0.1) is 0 Å². The number of nitrogens with zero attached hydrogens (tertiary/aromatic N) is 5. The Hall–Kier alpha value is -2.45. The summed E-state index contributed by atoms with van der Waals surface area (Å²) in [6, 6.07) is 8.46. The maximum absolute atomic E-state index is 12.5. The van der Waals surface area contributed by atoms with E-state index in [2.05, 4.69) is 42.7 Å². The van der Waals surface area contributed by atoms with Gasteiger partial charge in [-0.25, -0.2) is 4.98 Å². The molecule has 2 aromatic heterocycles. The molecule has 0 unspecified atom stereocenters. The van der Waals surface area contributed by atoms with E-state index in [9.17, 15) is 4.79 Å². The first-order chi connectivity index (χ1) is 13.6. The Kier molecular flexibility index (Phi) is 5.59. The zero-order valence-electron chi connectivity index (χ0n) is 16.3. The van der Waals surface area contributed by atoms with Crippen LogP contribution < -0.4 is 10.2 Å². The summed E-state index contributed by atoms with van der Waals surface area (Å²) in [5.74, 6) is -0.0784. The number of benzene rings is 1. The number of amides is 1. The molecule has 0 radical (unpaired) electrons. The maximum Gasteiger partial charge on any atom is 0.271 e. The average molecular weight is 399 g/mol. The molecule has 0 spiro atoms. The predicted molar refractivity (Wildman–Crippen MR) is 113 cm³/mol. The predicted octanol–water partition coefficient (Wildman–Crippen LogP) is 2.45. The van der Waals surface area contributed by atoms with Crippen LogP contribution in [0.4, 0.5) is 5.00 Å². The molecule has 8 heteroatoms. The molecule has 3 heterocycles. The molecule has 0 bridgehead atoms. The topological polar surface area (TPSA) is 66.3 Å². The molecule has 1 aliphatic heterocycles. The largest absolute Gasteiger partial charge is 0.362 e. The summed E-state index contributed by atoms with van der Waals surface area (Å²) in [6.07, 6.45) is 5.42. The number of carbonyl (C=O) groups is 1. The summed E-state index contributed by atoms with van der Waals surface area (Å²) >= 11 is 1.56. The van der Waals surface area contributed by atoms with Gasteiger partial charge in [0, 0.05) is 43.8 Å². The Morgan fingerprint density at radius 2 is 2.07 bits per heavy atom. The summed E-state index contributed by atoms with van der Waals surface area (Å²) in [4.78, 5) is 21.3. The minimum absolute atomic E-state index is 0.0784. The number of piperidine rings is 1. The molecule has 1 N–H and O–H groups in total. The lowest BCUT2D eigenvalue weighted by Gasteiger charge is -2.32. The van der Waals surface area contributed by atoms with Crippen LogP contribution in [0.3, 0.4) is 0 Å². The molecule has 7 nitrogen and oxygen atoms in total. The van der Waals surface area contributed by atoms with E-state index in [4.69, 9.17) is 0 Å². The van der Waals surface area contributed by atoms with E-state index in [1.54, 1.807) is 17.9 Å². The summed E-state index contributed by atoms with van der Waals surface area (Å²) < 4.78 is 6.51. The number of fused-ring (bicyclic) bond motifs is 1. The molecule has 0 aliphatic carbocycles. The highest BCUT2D eigenvalue weighted by molar-refractivity contribution is 7.11. The van der Waals surface area contributed by atoms with Crippen molar-refractivity contribution in [3.63, 3.8) is 0 Å². The number of carbonyl (C=O) groups excluding carboxylic acids is 1. The van der Waals surface area contributed by atoms with Crippen LogP contribution in [0.25, 0.3) is 10.9 Å². The van der Waals surface area contributed by atoms with Crippen LogP contribution in [-0.4, -0.2) is 64.5 Å². The zero-order valence-corrected chi connectivity index (χ0v) is 17.2. The number of aromatic nitrogens is 3. The van der Waals surface area contributed by atoms with Crippen molar-refractivity contribution in [3.05, 3.63) is 42.5 Å². The van der Waals surface area contributed by atoms with Gasteiger partial charge in [0.05, 0.1) is 11.8 Å². The number of anilines is 1. The molecule has 1 aliphatic rings. The molecule has 1 aromatic carbocycles. The maximum atomic E-state index is 12.5. The lowest BCUT2D eigenvalue weighted by atomic mass is 10.0. The van der Waals surface area contributed by atoms with Gasteiger partial charge in [0.25, 0.3) is 5.91 Å². The van der Waals surface area contributed by atoms with Crippen molar-refractivity contribution in [1.29, 1.82) is 0 Å². The summed E-state index contributed by atoms with van der Waals surface area (Å²) in [6.45, 7) is 3.60. The van der Waals surface area contributed by atoms with Crippen LogP contribution in [0.5, 0.6) is 0 Å². The highest BCUT2D eigenvalue weighted by Crippen LogP contribution is 2.32. The third-order valence-electron chi connectivity index (χ3n) is 5.15.